The maximum atomic E-state index is 8.58. The quantitative estimate of drug-likeness (QED) is 0.796. The van der Waals surface area contributed by atoms with E-state index in [1.165, 1.54) is 0 Å². The molecule has 0 amide bonds. The lowest BCUT2D eigenvalue weighted by molar-refractivity contribution is 0.407. The predicted octanol–water partition coefficient (Wildman–Crippen LogP) is 2.83. The van der Waals surface area contributed by atoms with Gasteiger partial charge in [-0.05, 0) is 28.4 Å². The van der Waals surface area contributed by atoms with Gasteiger partial charge in [0.05, 0.1) is 24.1 Å². The van der Waals surface area contributed by atoms with Gasteiger partial charge in [0.1, 0.15) is 5.75 Å². The number of aryl methyl sites for hydroxylation is 1. The van der Waals surface area contributed by atoms with Crippen molar-refractivity contribution >= 4 is 15.9 Å². The van der Waals surface area contributed by atoms with E-state index < -0.39 is 0 Å². The largest absolute Gasteiger partial charge is 0.495 e. The first-order valence-corrected chi connectivity index (χ1v) is 4.69. The van der Waals surface area contributed by atoms with Gasteiger partial charge < -0.3 is 4.74 Å². The molecule has 0 bridgehead atoms. The van der Waals surface area contributed by atoms with E-state index in [1.807, 2.05) is 19.1 Å². The molecule has 0 unspecified atom stereocenters. The summed E-state index contributed by atoms with van der Waals surface area (Å²) in [5.74, 6) is 0.765. The van der Waals surface area contributed by atoms with Gasteiger partial charge in [-0.3, -0.25) is 0 Å². The van der Waals surface area contributed by atoms with Crippen molar-refractivity contribution in [3.05, 3.63) is 27.7 Å². The van der Waals surface area contributed by atoms with Gasteiger partial charge in [-0.2, -0.15) is 5.26 Å². The third kappa shape index (κ3) is 2.02. The van der Waals surface area contributed by atoms with E-state index >= 15 is 0 Å². The smallest absolute Gasteiger partial charge is 0.137 e. The first kappa shape index (κ1) is 10.1. The number of hydrogen-bond acceptors (Lipinski definition) is 2. The lowest BCUT2D eigenvalue weighted by atomic mass is 10.1. The average molecular weight is 240 g/mol. The molecule has 0 aliphatic rings. The van der Waals surface area contributed by atoms with Crippen molar-refractivity contribution in [1.29, 1.82) is 5.26 Å². The van der Waals surface area contributed by atoms with Gasteiger partial charge in [0.25, 0.3) is 0 Å². The molecule has 0 spiro atoms. The summed E-state index contributed by atoms with van der Waals surface area (Å²) in [6.07, 6.45) is 0.377. The van der Waals surface area contributed by atoms with Crippen LogP contribution in [-0.2, 0) is 6.42 Å². The number of hydrogen-bond donors (Lipinski definition) is 0. The van der Waals surface area contributed by atoms with Crippen LogP contribution in [0.15, 0.2) is 16.6 Å². The number of rotatable bonds is 2. The van der Waals surface area contributed by atoms with Gasteiger partial charge in [0, 0.05) is 5.56 Å². The Hall–Kier alpha value is -1.01. The SMILES string of the molecule is COc1c(CC#N)ccc(C)c1Br. The summed E-state index contributed by atoms with van der Waals surface area (Å²) in [5, 5.41) is 8.58. The van der Waals surface area contributed by atoms with Crippen LogP contribution in [0.1, 0.15) is 11.1 Å². The molecule has 1 aromatic rings. The highest BCUT2D eigenvalue weighted by Gasteiger charge is 2.08. The summed E-state index contributed by atoms with van der Waals surface area (Å²) in [7, 11) is 1.61. The summed E-state index contributed by atoms with van der Waals surface area (Å²) in [6.45, 7) is 1.99. The highest BCUT2D eigenvalue weighted by Crippen LogP contribution is 2.32. The van der Waals surface area contributed by atoms with Crippen LogP contribution in [0.3, 0.4) is 0 Å². The molecule has 2 nitrogen and oxygen atoms in total. The van der Waals surface area contributed by atoms with E-state index in [4.69, 9.17) is 10.00 Å². The molecule has 0 aromatic heterocycles. The molecule has 1 aromatic carbocycles. The van der Waals surface area contributed by atoms with Crippen LogP contribution in [0.25, 0.3) is 0 Å². The molecule has 68 valence electrons. The zero-order chi connectivity index (χ0) is 9.84. The molecule has 0 radical (unpaired) electrons. The predicted molar refractivity (Wildman–Crippen MR) is 54.7 cm³/mol. The van der Waals surface area contributed by atoms with E-state index in [0.717, 1.165) is 21.3 Å². The van der Waals surface area contributed by atoms with Crippen LogP contribution < -0.4 is 4.74 Å². The monoisotopic (exact) mass is 239 g/mol. The van der Waals surface area contributed by atoms with Crippen LogP contribution >= 0.6 is 15.9 Å². The van der Waals surface area contributed by atoms with Gasteiger partial charge in [0.2, 0.25) is 0 Å². The van der Waals surface area contributed by atoms with Crippen LogP contribution in [0.4, 0.5) is 0 Å². The summed E-state index contributed by atoms with van der Waals surface area (Å²) < 4.78 is 6.14. The molecule has 0 heterocycles. The van der Waals surface area contributed by atoms with E-state index in [2.05, 4.69) is 22.0 Å². The minimum Gasteiger partial charge on any atom is -0.495 e. The van der Waals surface area contributed by atoms with Gasteiger partial charge >= 0.3 is 0 Å². The number of methoxy groups -OCH3 is 1. The molecular formula is C10H10BrNO. The van der Waals surface area contributed by atoms with E-state index in [0.29, 0.717) is 6.42 Å². The van der Waals surface area contributed by atoms with Crippen molar-refractivity contribution in [1.82, 2.24) is 0 Å². The van der Waals surface area contributed by atoms with Crippen molar-refractivity contribution in [3.8, 4) is 11.8 Å². The summed E-state index contributed by atoms with van der Waals surface area (Å²) >= 11 is 3.43. The fourth-order valence-electron chi connectivity index (χ4n) is 1.14. The Kier molecular flexibility index (Phi) is 3.32. The molecule has 13 heavy (non-hydrogen) atoms. The minimum atomic E-state index is 0.377. The van der Waals surface area contributed by atoms with E-state index in [-0.39, 0.29) is 0 Å². The Morgan fingerprint density at radius 3 is 2.77 bits per heavy atom. The maximum absolute atomic E-state index is 8.58. The van der Waals surface area contributed by atoms with Gasteiger partial charge in [-0.25, -0.2) is 0 Å². The molecular weight excluding hydrogens is 230 g/mol. The molecule has 0 fully saturated rings. The Morgan fingerprint density at radius 1 is 1.54 bits per heavy atom. The third-order valence-electron chi connectivity index (χ3n) is 1.85. The standard InChI is InChI=1S/C10H10BrNO/c1-7-3-4-8(5-6-12)10(13-2)9(7)11/h3-4H,5H2,1-2H3. The van der Waals surface area contributed by atoms with Crippen molar-refractivity contribution in [2.24, 2.45) is 0 Å². The average Bonchev–Trinajstić information content (AvgIpc) is 2.12. The first-order valence-electron chi connectivity index (χ1n) is 3.89. The van der Waals surface area contributed by atoms with E-state index in [1.54, 1.807) is 7.11 Å². The van der Waals surface area contributed by atoms with Crippen molar-refractivity contribution in [3.63, 3.8) is 0 Å². The minimum absolute atomic E-state index is 0.377. The number of ether oxygens (including phenoxy) is 1. The van der Waals surface area contributed by atoms with Crippen LogP contribution in [0.5, 0.6) is 5.75 Å². The summed E-state index contributed by atoms with van der Waals surface area (Å²) in [6, 6.07) is 5.99. The Balaban J connectivity index is 3.23. The topological polar surface area (TPSA) is 33.0 Å². The molecule has 0 aliphatic carbocycles. The van der Waals surface area contributed by atoms with Crippen molar-refractivity contribution in [2.45, 2.75) is 13.3 Å². The highest BCUT2D eigenvalue weighted by atomic mass is 79.9. The zero-order valence-corrected chi connectivity index (χ0v) is 9.18. The zero-order valence-electron chi connectivity index (χ0n) is 7.60. The number of benzene rings is 1. The Bertz CT molecular complexity index is 355. The molecule has 0 atom stereocenters. The molecule has 0 saturated carbocycles. The lowest BCUT2D eigenvalue weighted by Gasteiger charge is -2.09. The Labute approximate surface area is 86.3 Å². The first-order chi connectivity index (χ1) is 6.20. The van der Waals surface area contributed by atoms with Gasteiger partial charge in [0.15, 0.2) is 0 Å². The molecule has 0 N–H and O–H groups in total. The molecule has 0 saturated heterocycles. The van der Waals surface area contributed by atoms with Crippen LogP contribution in [0.2, 0.25) is 0 Å². The fraction of sp³-hybridized carbons (Fsp3) is 0.300. The van der Waals surface area contributed by atoms with Gasteiger partial charge in [-0.15, -0.1) is 0 Å². The van der Waals surface area contributed by atoms with E-state index in [9.17, 15) is 0 Å². The summed E-state index contributed by atoms with van der Waals surface area (Å²) in [4.78, 5) is 0. The van der Waals surface area contributed by atoms with Crippen LogP contribution in [0, 0.1) is 18.3 Å². The fourth-order valence-corrected chi connectivity index (χ4v) is 1.69. The normalized spacial score (nSPS) is 9.38. The molecule has 0 aliphatic heterocycles. The second kappa shape index (κ2) is 4.29. The van der Waals surface area contributed by atoms with Crippen molar-refractivity contribution in [2.75, 3.05) is 7.11 Å². The lowest BCUT2D eigenvalue weighted by Crippen LogP contribution is -1.93. The third-order valence-corrected chi connectivity index (χ3v) is 2.83. The second-order valence-electron chi connectivity index (χ2n) is 2.72. The number of halogens is 1. The summed E-state index contributed by atoms with van der Waals surface area (Å²) in [5.41, 5.74) is 2.03. The molecule has 3 heteroatoms. The van der Waals surface area contributed by atoms with Gasteiger partial charge in [-0.1, -0.05) is 12.1 Å². The molecule has 1 rings (SSSR count). The second-order valence-corrected chi connectivity index (χ2v) is 3.52. The maximum Gasteiger partial charge on any atom is 0.137 e. The number of nitriles is 1. The van der Waals surface area contributed by atoms with Crippen LogP contribution in [-0.4, -0.2) is 7.11 Å². The Morgan fingerprint density at radius 2 is 2.23 bits per heavy atom. The number of nitrogens with zero attached hydrogens (tertiary/aromatic N) is 1. The highest BCUT2D eigenvalue weighted by molar-refractivity contribution is 9.10. The van der Waals surface area contributed by atoms with Crippen molar-refractivity contribution < 1.29 is 4.74 Å².